The summed E-state index contributed by atoms with van der Waals surface area (Å²) >= 11 is 0. The minimum atomic E-state index is -3.91. The number of benzene rings is 2. The number of aromatic nitrogens is 1. The van der Waals surface area contributed by atoms with Gasteiger partial charge in [-0.3, -0.25) is 15.1 Å². The quantitative estimate of drug-likeness (QED) is 0.531. The maximum Gasteiger partial charge on any atom is 0.269 e. The molecule has 132 valence electrons. The van der Waals surface area contributed by atoms with Gasteiger partial charge in [0.05, 0.1) is 21.6 Å². The third kappa shape index (κ3) is 3.93. The van der Waals surface area contributed by atoms with E-state index in [1.165, 1.54) is 12.1 Å². The Morgan fingerprint density at radius 1 is 0.923 bits per heavy atom. The first-order chi connectivity index (χ1) is 12.5. The van der Waals surface area contributed by atoms with Crippen LogP contribution in [-0.2, 0) is 10.0 Å². The summed E-state index contributed by atoms with van der Waals surface area (Å²) in [5, 5.41) is 10.7. The summed E-state index contributed by atoms with van der Waals surface area (Å²) in [6.07, 6.45) is 1.59. The van der Waals surface area contributed by atoms with Crippen molar-refractivity contribution >= 4 is 15.7 Å². The number of hydrogen-bond acceptors (Lipinski definition) is 5. The highest BCUT2D eigenvalue weighted by Gasteiger charge is 2.24. The Hall–Kier alpha value is -3.10. The first kappa shape index (κ1) is 17.7. The van der Waals surface area contributed by atoms with Crippen molar-refractivity contribution < 1.29 is 13.3 Å². The number of nitro groups is 1. The number of hydrogen-bond donors (Lipinski definition) is 1. The number of sulfonamides is 1. The third-order valence-corrected chi connectivity index (χ3v) is 5.19. The number of pyridine rings is 1. The summed E-state index contributed by atoms with van der Waals surface area (Å²) in [6, 6.07) is 18.4. The molecule has 0 spiro atoms. The number of nitrogens with zero attached hydrogens (tertiary/aromatic N) is 2. The SMILES string of the molecule is O=[N+]([O-])c1ccc(S(=O)(=O)NC(c2ccccc2)c2ccccn2)cc1. The van der Waals surface area contributed by atoms with Crippen LogP contribution >= 0.6 is 0 Å². The summed E-state index contributed by atoms with van der Waals surface area (Å²) in [5.74, 6) is 0. The Balaban J connectivity index is 1.97. The van der Waals surface area contributed by atoms with Gasteiger partial charge in [0, 0.05) is 18.3 Å². The first-order valence-electron chi connectivity index (χ1n) is 7.70. The molecule has 1 unspecified atom stereocenters. The molecule has 1 heterocycles. The molecule has 0 saturated carbocycles. The van der Waals surface area contributed by atoms with Crippen LogP contribution in [0.15, 0.2) is 83.9 Å². The number of nitrogens with one attached hydrogen (secondary N) is 1. The maximum absolute atomic E-state index is 12.8. The monoisotopic (exact) mass is 369 g/mol. The number of non-ortho nitro benzene ring substituents is 1. The minimum Gasteiger partial charge on any atom is -0.259 e. The van der Waals surface area contributed by atoms with Gasteiger partial charge >= 0.3 is 0 Å². The van der Waals surface area contributed by atoms with Crippen molar-refractivity contribution in [2.75, 3.05) is 0 Å². The lowest BCUT2D eigenvalue weighted by Gasteiger charge is -2.19. The summed E-state index contributed by atoms with van der Waals surface area (Å²) in [7, 11) is -3.91. The predicted octanol–water partition coefficient (Wildman–Crippen LogP) is 3.06. The summed E-state index contributed by atoms with van der Waals surface area (Å²) in [6.45, 7) is 0. The molecule has 26 heavy (non-hydrogen) atoms. The van der Waals surface area contributed by atoms with E-state index in [2.05, 4.69) is 9.71 Å². The van der Waals surface area contributed by atoms with Crippen molar-refractivity contribution in [3.05, 3.63) is 100 Å². The molecule has 0 aliphatic rings. The molecule has 1 atom stereocenters. The van der Waals surface area contributed by atoms with Crippen LogP contribution in [-0.4, -0.2) is 18.3 Å². The third-order valence-electron chi connectivity index (χ3n) is 3.75. The molecule has 0 bridgehead atoms. The highest BCUT2D eigenvalue weighted by atomic mass is 32.2. The van der Waals surface area contributed by atoms with E-state index in [0.717, 1.165) is 17.7 Å². The van der Waals surface area contributed by atoms with Crippen molar-refractivity contribution in [1.82, 2.24) is 9.71 Å². The highest BCUT2D eigenvalue weighted by molar-refractivity contribution is 7.89. The molecule has 3 aromatic rings. The molecule has 0 fully saturated rings. The number of rotatable bonds is 6. The second kappa shape index (κ2) is 7.42. The van der Waals surface area contributed by atoms with Gasteiger partial charge in [0.15, 0.2) is 0 Å². The molecule has 1 aromatic heterocycles. The zero-order valence-corrected chi connectivity index (χ0v) is 14.3. The average molecular weight is 369 g/mol. The van der Waals surface area contributed by atoms with Crippen LogP contribution in [0.2, 0.25) is 0 Å². The molecule has 8 heteroatoms. The summed E-state index contributed by atoms with van der Waals surface area (Å²) in [5.41, 5.74) is 1.11. The second-order valence-corrected chi connectivity index (χ2v) is 7.18. The molecule has 7 nitrogen and oxygen atoms in total. The van der Waals surface area contributed by atoms with Crippen LogP contribution in [0, 0.1) is 10.1 Å². The Morgan fingerprint density at radius 3 is 2.15 bits per heavy atom. The van der Waals surface area contributed by atoms with Gasteiger partial charge in [0.2, 0.25) is 10.0 Å². The van der Waals surface area contributed by atoms with Crippen molar-refractivity contribution in [3.63, 3.8) is 0 Å². The maximum atomic E-state index is 12.8. The fourth-order valence-corrected chi connectivity index (χ4v) is 3.66. The van der Waals surface area contributed by atoms with Gasteiger partial charge < -0.3 is 0 Å². The van der Waals surface area contributed by atoms with Crippen molar-refractivity contribution in [2.45, 2.75) is 10.9 Å². The van der Waals surface area contributed by atoms with Gasteiger partial charge in [0.1, 0.15) is 0 Å². The zero-order valence-electron chi connectivity index (χ0n) is 13.5. The van der Waals surface area contributed by atoms with E-state index in [0.29, 0.717) is 5.69 Å². The summed E-state index contributed by atoms with van der Waals surface area (Å²) < 4.78 is 28.2. The van der Waals surface area contributed by atoms with Crippen LogP contribution in [0.3, 0.4) is 0 Å². The van der Waals surface area contributed by atoms with Crippen LogP contribution in [0.5, 0.6) is 0 Å². The fourth-order valence-electron chi connectivity index (χ4n) is 2.46. The normalized spacial score (nSPS) is 12.5. The van der Waals surface area contributed by atoms with E-state index in [1.54, 1.807) is 36.5 Å². The lowest BCUT2D eigenvalue weighted by atomic mass is 10.0. The van der Waals surface area contributed by atoms with E-state index < -0.39 is 21.0 Å². The molecular formula is C18H15N3O4S. The molecule has 0 amide bonds. The largest absolute Gasteiger partial charge is 0.269 e. The molecular weight excluding hydrogens is 354 g/mol. The van der Waals surface area contributed by atoms with Crippen LogP contribution in [0.25, 0.3) is 0 Å². The zero-order chi connectivity index (χ0) is 18.6. The van der Waals surface area contributed by atoms with Gasteiger partial charge in [-0.25, -0.2) is 8.42 Å². The molecule has 0 radical (unpaired) electrons. The highest BCUT2D eigenvalue weighted by Crippen LogP contribution is 2.24. The first-order valence-corrected chi connectivity index (χ1v) is 9.18. The van der Waals surface area contributed by atoms with E-state index >= 15 is 0 Å². The van der Waals surface area contributed by atoms with Crippen LogP contribution in [0.1, 0.15) is 17.3 Å². The van der Waals surface area contributed by atoms with Crippen LogP contribution < -0.4 is 4.72 Å². The van der Waals surface area contributed by atoms with Crippen molar-refractivity contribution in [1.29, 1.82) is 0 Å². The fraction of sp³-hybridized carbons (Fsp3) is 0.0556. The topological polar surface area (TPSA) is 102 Å². The van der Waals surface area contributed by atoms with Crippen molar-refractivity contribution in [2.24, 2.45) is 0 Å². The van der Waals surface area contributed by atoms with Crippen molar-refractivity contribution in [3.8, 4) is 0 Å². The van der Waals surface area contributed by atoms with Gasteiger partial charge in [-0.2, -0.15) is 4.72 Å². The van der Waals surface area contributed by atoms with E-state index in [9.17, 15) is 18.5 Å². The van der Waals surface area contributed by atoms with E-state index in [4.69, 9.17) is 0 Å². The Bertz CT molecular complexity index is 952. The molecule has 0 saturated heterocycles. The Morgan fingerprint density at radius 2 is 1.58 bits per heavy atom. The van der Waals surface area contributed by atoms with E-state index in [1.807, 2.05) is 18.2 Å². The Labute approximate surface area is 150 Å². The Kier molecular flexibility index (Phi) is 5.06. The molecule has 3 rings (SSSR count). The second-order valence-electron chi connectivity index (χ2n) is 5.47. The van der Waals surface area contributed by atoms with Gasteiger partial charge in [-0.1, -0.05) is 36.4 Å². The lowest BCUT2D eigenvalue weighted by Crippen LogP contribution is -2.30. The molecule has 1 N–H and O–H groups in total. The lowest BCUT2D eigenvalue weighted by molar-refractivity contribution is -0.384. The standard InChI is InChI=1S/C18H15N3O4S/c22-21(23)15-9-11-16(12-10-15)26(24,25)20-18(14-6-2-1-3-7-14)17-8-4-5-13-19-17/h1-13,18,20H. The minimum absolute atomic E-state index is 0.0556. The van der Waals surface area contributed by atoms with E-state index in [-0.39, 0.29) is 10.6 Å². The number of nitro benzene ring substituents is 1. The summed E-state index contributed by atoms with van der Waals surface area (Å²) in [4.78, 5) is 14.4. The van der Waals surface area contributed by atoms with Gasteiger partial charge in [-0.05, 0) is 29.8 Å². The predicted molar refractivity (Wildman–Crippen MR) is 95.9 cm³/mol. The smallest absolute Gasteiger partial charge is 0.259 e. The molecule has 2 aromatic carbocycles. The molecule has 0 aliphatic heterocycles. The van der Waals surface area contributed by atoms with Crippen LogP contribution in [0.4, 0.5) is 5.69 Å². The molecule has 0 aliphatic carbocycles. The van der Waals surface area contributed by atoms with Gasteiger partial charge in [0.25, 0.3) is 5.69 Å². The average Bonchev–Trinajstić information content (AvgIpc) is 2.67. The van der Waals surface area contributed by atoms with Gasteiger partial charge in [-0.15, -0.1) is 0 Å².